The van der Waals surface area contributed by atoms with Crippen molar-refractivity contribution in [1.29, 1.82) is 0 Å². The number of amides is 1. The van der Waals surface area contributed by atoms with Crippen LogP contribution in [0.25, 0.3) is 0 Å². The van der Waals surface area contributed by atoms with E-state index >= 15 is 0 Å². The molecule has 2 heteroatoms. The summed E-state index contributed by atoms with van der Waals surface area (Å²) < 4.78 is 0. The second-order valence-corrected chi connectivity index (χ2v) is 6.64. The van der Waals surface area contributed by atoms with Crippen molar-refractivity contribution in [3.63, 3.8) is 0 Å². The molecule has 0 aromatic heterocycles. The summed E-state index contributed by atoms with van der Waals surface area (Å²) in [6.07, 6.45) is 1.04. The largest absolute Gasteiger partial charge is 0.325 e. The summed E-state index contributed by atoms with van der Waals surface area (Å²) in [4.78, 5) is 13.3. The van der Waals surface area contributed by atoms with E-state index in [1.807, 2.05) is 78.9 Å². The van der Waals surface area contributed by atoms with Crippen molar-refractivity contribution in [2.45, 2.75) is 32.1 Å². The van der Waals surface area contributed by atoms with E-state index in [9.17, 15) is 4.79 Å². The summed E-state index contributed by atoms with van der Waals surface area (Å²) in [5.41, 5.74) is 4.08. The minimum Gasteiger partial charge on any atom is -0.325 e. The second-order valence-electron chi connectivity index (χ2n) is 6.64. The Morgan fingerprint density at radius 3 is 1.85 bits per heavy atom. The maximum Gasteiger partial charge on any atom is 0.236 e. The minimum absolute atomic E-state index is 0.00171. The minimum atomic E-state index is -0.331. The molecule has 132 valence electrons. The van der Waals surface area contributed by atoms with E-state index in [0.717, 1.165) is 23.2 Å². The van der Waals surface area contributed by atoms with E-state index in [-0.39, 0.29) is 11.8 Å². The van der Waals surface area contributed by atoms with Crippen LogP contribution in [0.5, 0.6) is 0 Å². The molecule has 0 bridgehead atoms. The molecule has 0 saturated carbocycles. The van der Waals surface area contributed by atoms with Gasteiger partial charge in [0.2, 0.25) is 5.91 Å². The van der Waals surface area contributed by atoms with Gasteiger partial charge in [-0.15, -0.1) is 0 Å². The smallest absolute Gasteiger partial charge is 0.236 e. The molecule has 0 unspecified atom stereocenters. The van der Waals surface area contributed by atoms with Crippen molar-refractivity contribution in [3.05, 3.63) is 102 Å². The molecule has 0 radical (unpaired) electrons. The van der Waals surface area contributed by atoms with Crippen LogP contribution in [-0.2, 0) is 4.79 Å². The van der Waals surface area contributed by atoms with Crippen LogP contribution in [-0.4, -0.2) is 5.91 Å². The van der Waals surface area contributed by atoms with Gasteiger partial charge >= 0.3 is 0 Å². The molecular weight excluding hydrogens is 318 g/mol. The molecule has 0 aliphatic carbocycles. The van der Waals surface area contributed by atoms with Gasteiger partial charge in [-0.05, 0) is 35.1 Å². The number of para-hydroxylation sites is 1. The molecule has 2 nitrogen and oxygen atoms in total. The number of carbonyl (C=O) groups is 1. The first-order valence-electron chi connectivity index (χ1n) is 9.20. The molecule has 1 N–H and O–H groups in total. The first kappa shape index (κ1) is 17.9. The third-order valence-corrected chi connectivity index (χ3v) is 4.89. The molecule has 0 aliphatic heterocycles. The van der Waals surface area contributed by atoms with E-state index in [4.69, 9.17) is 0 Å². The third kappa shape index (κ3) is 4.02. The first-order chi connectivity index (χ1) is 12.7. The molecule has 0 saturated heterocycles. The van der Waals surface area contributed by atoms with E-state index < -0.39 is 0 Å². The Hall–Kier alpha value is -2.87. The zero-order valence-electron chi connectivity index (χ0n) is 15.4. The van der Waals surface area contributed by atoms with Gasteiger partial charge in [0.1, 0.15) is 0 Å². The lowest BCUT2D eigenvalue weighted by Gasteiger charge is -2.20. The second kappa shape index (κ2) is 8.48. The molecule has 0 fully saturated rings. The van der Waals surface area contributed by atoms with Crippen molar-refractivity contribution in [3.8, 4) is 0 Å². The molecule has 3 aromatic rings. The van der Waals surface area contributed by atoms with Gasteiger partial charge in [0.15, 0.2) is 0 Å². The van der Waals surface area contributed by atoms with Crippen molar-refractivity contribution < 1.29 is 4.79 Å². The normalized spacial score (nSPS) is 12.0. The number of anilines is 1. The summed E-state index contributed by atoms with van der Waals surface area (Å²) >= 11 is 0. The highest BCUT2D eigenvalue weighted by molar-refractivity contribution is 5.98. The SMILES string of the molecule is CC[C@H](C)c1ccccc1NC(=O)C(c1ccccc1)c1ccccc1. The Balaban J connectivity index is 1.95. The average Bonchev–Trinajstić information content (AvgIpc) is 2.69. The number of carbonyl (C=O) groups excluding carboxylic acids is 1. The number of benzene rings is 3. The van der Waals surface area contributed by atoms with Crippen molar-refractivity contribution in [2.75, 3.05) is 5.32 Å². The fraction of sp³-hybridized carbons (Fsp3) is 0.208. The highest BCUT2D eigenvalue weighted by Crippen LogP contribution is 2.30. The van der Waals surface area contributed by atoms with Gasteiger partial charge in [0.25, 0.3) is 0 Å². The van der Waals surface area contributed by atoms with E-state index in [0.29, 0.717) is 5.92 Å². The fourth-order valence-corrected chi connectivity index (χ4v) is 3.25. The van der Waals surface area contributed by atoms with Gasteiger partial charge in [-0.25, -0.2) is 0 Å². The summed E-state index contributed by atoms with van der Waals surface area (Å²) in [7, 11) is 0. The highest BCUT2D eigenvalue weighted by atomic mass is 16.1. The topological polar surface area (TPSA) is 29.1 Å². The molecule has 0 heterocycles. The molecule has 0 spiro atoms. The molecule has 1 atom stereocenters. The molecule has 3 rings (SSSR count). The van der Waals surface area contributed by atoms with Gasteiger partial charge in [-0.1, -0.05) is 92.7 Å². The van der Waals surface area contributed by atoms with Gasteiger partial charge in [-0.2, -0.15) is 0 Å². The Labute approximate surface area is 155 Å². The summed E-state index contributed by atoms with van der Waals surface area (Å²) in [5, 5.41) is 3.18. The zero-order valence-corrected chi connectivity index (χ0v) is 15.4. The van der Waals surface area contributed by atoms with Gasteiger partial charge < -0.3 is 5.32 Å². The van der Waals surface area contributed by atoms with Crippen LogP contribution in [0.2, 0.25) is 0 Å². The van der Waals surface area contributed by atoms with Crippen LogP contribution in [0.4, 0.5) is 5.69 Å². The summed E-state index contributed by atoms with van der Waals surface area (Å²) in [6.45, 7) is 4.36. The summed E-state index contributed by atoms with van der Waals surface area (Å²) in [6, 6.07) is 28.0. The van der Waals surface area contributed by atoms with Crippen LogP contribution in [0.1, 0.15) is 48.8 Å². The summed E-state index contributed by atoms with van der Waals surface area (Å²) in [5.74, 6) is 0.0685. The predicted octanol–water partition coefficient (Wildman–Crippen LogP) is 5.97. The van der Waals surface area contributed by atoms with Crippen LogP contribution in [0.3, 0.4) is 0 Å². The van der Waals surface area contributed by atoms with Gasteiger partial charge in [0.05, 0.1) is 5.92 Å². The maximum atomic E-state index is 13.3. The molecule has 0 aliphatic rings. The monoisotopic (exact) mass is 343 g/mol. The van der Waals surface area contributed by atoms with E-state index in [1.54, 1.807) is 0 Å². The van der Waals surface area contributed by atoms with Crippen LogP contribution in [0.15, 0.2) is 84.9 Å². The molecule has 26 heavy (non-hydrogen) atoms. The number of nitrogens with one attached hydrogen (secondary N) is 1. The number of hydrogen-bond donors (Lipinski definition) is 1. The van der Waals surface area contributed by atoms with Crippen LogP contribution in [0, 0.1) is 0 Å². The van der Waals surface area contributed by atoms with Crippen molar-refractivity contribution in [2.24, 2.45) is 0 Å². The standard InChI is InChI=1S/C24H25NO/c1-3-18(2)21-16-10-11-17-22(21)25-24(26)23(19-12-6-4-7-13-19)20-14-8-5-9-15-20/h4-18,23H,3H2,1-2H3,(H,25,26)/t18-/m0/s1. The molecule has 1 amide bonds. The van der Waals surface area contributed by atoms with Gasteiger partial charge in [-0.3, -0.25) is 4.79 Å². The van der Waals surface area contributed by atoms with E-state index in [2.05, 4.69) is 25.2 Å². The Morgan fingerprint density at radius 1 is 0.808 bits per heavy atom. The lowest BCUT2D eigenvalue weighted by Crippen LogP contribution is -2.23. The van der Waals surface area contributed by atoms with Gasteiger partial charge in [0, 0.05) is 5.69 Å². The number of hydrogen-bond acceptors (Lipinski definition) is 1. The van der Waals surface area contributed by atoms with Crippen molar-refractivity contribution >= 4 is 11.6 Å². The van der Waals surface area contributed by atoms with Crippen LogP contribution >= 0.6 is 0 Å². The third-order valence-electron chi connectivity index (χ3n) is 4.89. The number of rotatable bonds is 6. The average molecular weight is 343 g/mol. The Morgan fingerprint density at radius 2 is 1.31 bits per heavy atom. The lowest BCUT2D eigenvalue weighted by molar-refractivity contribution is -0.116. The predicted molar refractivity (Wildman–Crippen MR) is 109 cm³/mol. The van der Waals surface area contributed by atoms with Crippen molar-refractivity contribution in [1.82, 2.24) is 0 Å². The molecular formula is C24H25NO. The highest BCUT2D eigenvalue weighted by Gasteiger charge is 2.23. The van der Waals surface area contributed by atoms with E-state index in [1.165, 1.54) is 5.56 Å². The van der Waals surface area contributed by atoms with Crippen LogP contribution < -0.4 is 5.32 Å². The maximum absolute atomic E-state index is 13.3. The zero-order chi connectivity index (χ0) is 18.4. The lowest BCUT2D eigenvalue weighted by atomic mass is 9.90. The first-order valence-corrected chi connectivity index (χ1v) is 9.20. The Kier molecular flexibility index (Phi) is 5.85. The molecule has 3 aromatic carbocycles. The Bertz CT molecular complexity index is 803. The fourth-order valence-electron chi connectivity index (χ4n) is 3.25. The quantitative estimate of drug-likeness (QED) is 0.587.